The van der Waals surface area contributed by atoms with E-state index in [2.05, 4.69) is 0 Å². The number of rotatable bonds is 32. The zero-order valence-corrected chi connectivity index (χ0v) is 67.5. The highest BCUT2D eigenvalue weighted by Crippen LogP contribution is 2.31. The maximum Gasteiger partial charge on any atom is 0.338 e. The zero-order valence-electron chi connectivity index (χ0n) is 60.2. The third-order valence-electron chi connectivity index (χ3n) is 16.7. The molecule has 8 aromatic rings. The predicted molar refractivity (Wildman–Crippen MR) is 391 cm³/mol. The van der Waals surface area contributed by atoms with Crippen LogP contribution in [-0.2, 0) is 127 Å². The molecule has 0 fully saturated rings. The van der Waals surface area contributed by atoms with Crippen LogP contribution >= 0.6 is 0 Å². The number of hydrogen-bond acceptors (Lipinski definition) is 19. The Balaban J connectivity index is 0.000000250. The van der Waals surface area contributed by atoms with Crippen LogP contribution in [0.3, 0.4) is 0 Å². The van der Waals surface area contributed by atoms with E-state index in [9.17, 15) is 60.0 Å². The minimum absolute atomic E-state index is 0.0388. The Bertz CT molecular complexity index is 4480. The van der Waals surface area contributed by atoms with Crippen LogP contribution in [0.25, 0.3) is 0 Å². The molecular weight excluding hydrogens is 1510 g/mol. The second-order valence-electron chi connectivity index (χ2n) is 24.2. The van der Waals surface area contributed by atoms with Crippen molar-refractivity contribution in [2.24, 2.45) is 0 Å². The molecule has 0 aromatic heterocycles. The summed E-state index contributed by atoms with van der Waals surface area (Å²) in [6, 6.07) is 48.6. The van der Waals surface area contributed by atoms with Gasteiger partial charge in [-0.2, -0.15) is 0 Å². The van der Waals surface area contributed by atoms with E-state index < -0.39 is 119 Å². The van der Waals surface area contributed by atoms with Crippen LogP contribution in [0.15, 0.2) is 189 Å². The van der Waals surface area contributed by atoms with Crippen molar-refractivity contribution in [3.8, 4) is 11.5 Å². The lowest BCUT2D eigenvalue weighted by Gasteiger charge is -2.22. The maximum atomic E-state index is 13.8. The summed E-state index contributed by atoms with van der Waals surface area (Å²) in [6.07, 6.45) is 0. The van der Waals surface area contributed by atoms with E-state index in [4.69, 9.17) is 49.6 Å². The number of benzene rings is 8. The number of halogens is 6. The molecule has 0 saturated heterocycles. The number of methoxy groups -OCH3 is 2. The molecule has 0 aliphatic rings. The smallest absolute Gasteiger partial charge is 0.338 e. The third-order valence-corrected chi connectivity index (χ3v) is 34.6. The van der Waals surface area contributed by atoms with E-state index in [1.165, 1.54) is 45.6 Å². The second-order valence-corrected chi connectivity index (χ2v) is 45.9. The van der Waals surface area contributed by atoms with E-state index in [1.807, 2.05) is 86.9 Å². The molecule has 0 unspecified atom stereocenters. The monoisotopic (exact) mass is 1600 g/mol. The first kappa shape index (κ1) is 87.9. The van der Waals surface area contributed by atoms with Gasteiger partial charge in [0.25, 0.3) is 0 Å². The molecule has 8 aromatic carbocycles. The molecule has 8 rings (SSSR count). The molecule has 104 heavy (non-hydrogen) atoms. The summed E-state index contributed by atoms with van der Waals surface area (Å²) in [5.41, 5.74) is 6.23. The Morgan fingerprint density at radius 1 is 0.279 bits per heavy atom. The summed E-state index contributed by atoms with van der Waals surface area (Å²) in [7, 11) is -8.19. The molecular formula is C71H88F6O19S4Si4. The summed E-state index contributed by atoms with van der Waals surface area (Å²) in [6.45, 7) is 7.90. The topological polar surface area (TPSA) is 238 Å². The Morgan fingerprint density at radius 3 is 0.740 bits per heavy atom. The van der Waals surface area contributed by atoms with Crippen molar-refractivity contribution in [2.45, 2.75) is 93.0 Å². The van der Waals surface area contributed by atoms with Gasteiger partial charge >= 0.3 is 34.2 Å². The van der Waals surface area contributed by atoms with Crippen molar-refractivity contribution in [1.29, 1.82) is 0 Å². The zero-order chi connectivity index (χ0) is 77.5. The van der Waals surface area contributed by atoms with Crippen LogP contribution in [0.1, 0.15) is 44.5 Å². The molecule has 0 bridgehead atoms. The van der Waals surface area contributed by atoms with Crippen LogP contribution in [0.4, 0.5) is 26.3 Å². The van der Waals surface area contributed by atoms with Crippen molar-refractivity contribution >= 4 is 73.6 Å². The van der Waals surface area contributed by atoms with Gasteiger partial charge in [-0.05, 0) is 143 Å². The molecule has 0 atom stereocenters. The maximum absolute atomic E-state index is 13.8. The van der Waals surface area contributed by atoms with Gasteiger partial charge in [0, 0.05) is 88.2 Å². The van der Waals surface area contributed by atoms with Crippen molar-refractivity contribution in [1.82, 2.24) is 0 Å². The minimum atomic E-state index is -4.83. The third kappa shape index (κ3) is 25.8. The van der Waals surface area contributed by atoms with Gasteiger partial charge in [0.2, 0.25) is 5.82 Å². The van der Waals surface area contributed by atoms with Crippen molar-refractivity contribution in [3.05, 3.63) is 249 Å². The molecule has 0 heterocycles. The fourth-order valence-electron chi connectivity index (χ4n) is 9.76. The first-order valence-electron chi connectivity index (χ1n) is 31.6. The fourth-order valence-corrected chi connectivity index (χ4v) is 21.0. The van der Waals surface area contributed by atoms with E-state index in [-0.39, 0.29) is 44.3 Å². The number of sulfone groups is 4. The molecule has 0 N–H and O–H groups in total. The SMILES string of the molecule is COCOc1ccc(S(=O)(=O)Cc2ccc(C[Si](C)(OC)OC)cc2)cc1.CO[Si](C)(Cc1ccc(CS(=O)(=O)c2c(F)c(F)c(F)c(F)c2F)cc1)OC.CO[Si](C)(Cc1ccc(CS(=O)(=O)c2ccc(F)cc2)cc1)OC.COc1ccc(S(=O)(=O)Cc2ccc(C[Si](C)(OC)OC)cc2)cc1. The van der Waals surface area contributed by atoms with Crippen LogP contribution < -0.4 is 9.47 Å². The van der Waals surface area contributed by atoms with Gasteiger partial charge in [0.05, 0.1) is 44.8 Å². The first-order chi connectivity index (χ1) is 48.9. The molecule has 0 aliphatic carbocycles. The molecule has 0 radical (unpaired) electrons. The summed E-state index contributed by atoms with van der Waals surface area (Å²) in [5, 5.41) is 0. The van der Waals surface area contributed by atoms with Gasteiger partial charge in [-0.25, -0.2) is 60.0 Å². The Labute approximate surface area is 610 Å². The molecule has 568 valence electrons. The molecule has 0 spiro atoms. The highest BCUT2D eigenvalue weighted by molar-refractivity contribution is 7.91. The van der Waals surface area contributed by atoms with E-state index in [0.29, 0.717) is 41.2 Å². The summed E-state index contributed by atoms with van der Waals surface area (Å²) in [4.78, 5) is -1.18. The highest BCUT2D eigenvalue weighted by atomic mass is 32.2. The fraction of sp³-hybridized carbons (Fsp3) is 0.324. The van der Waals surface area contributed by atoms with Crippen LogP contribution in [0.5, 0.6) is 11.5 Å². The van der Waals surface area contributed by atoms with Gasteiger partial charge in [0.15, 0.2) is 69.4 Å². The highest BCUT2D eigenvalue weighted by Gasteiger charge is 2.36. The molecule has 0 saturated carbocycles. The number of hydrogen-bond donors (Lipinski definition) is 0. The van der Waals surface area contributed by atoms with E-state index in [1.54, 1.807) is 123 Å². The van der Waals surface area contributed by atoms with Gasteiger partial charge < -0.3 is 49.6 Å². The molecule has 33 heteroatoms. The average molecular weight is 1600 g/mol. The quantitative estimate of drug-likeness (QED) is 0.00951. The normalized spacial score (nSPS) is 12.3. The summed E-state index contributed by atoms with van der Waals surface area (Å²) in [5.74, 6) is -12.2. The van der Waals surface area contributed by atoms with E-state index in [0.717, 1.165) is 45.5 Å². The van der Waals surface area contributed by atoms with Crippen molar-refractivity contribution < 1.29 is 110 Å². The standard InChI is InChI=1S/C19H26O6SSi.C18H24O5SSi.C17H17F5O4SSi.C17H21FO4SSi/c1-22-15-25-18-9-11-19(12-10-18)26(20,21)13-16-5-7-17(8-6-16)14-27(4,23-2)24-3;1-21-17-9-11-18(12-10-17)24(19,20)13-15-5-7-16(8-6-15)14-25(4,22-2)23-3;1-25-28(3,26-2)9-11-6-4-10(5-7-11)8-27(23,24)17-15(21)13(19)12(18)14(20)16(17)22;1-21-24(3,22-2)13-15-6-4-14(5-7-15)12-23(19,20)17-10-8-16(18)9-11-17/h5-12H,13-15H2,1-4H3;5-12H,13-14H2,1-4H3;4-7H,8-9H2,1-3H3;4-11H,12-13H2,1-3H3. The van der Waals surface area contributed by atoms with Crippen LogP contribution in [0, 0.1) is 34.9 Å². The lowest BCUT2D eigenvalue weighted by atomic mass is 10.2. The minimum Gasteiger partial charge on any atom is -0.497 e. The average Bonchev–Trinajstić information content (AvgIpc) is 0.767. The first-order valence-corrected chi connectivity index (χ1v) is 48.3. The lowest BCUT2D eigenvalue weighted by Crippen LogP contribution is -2.39. The predicted octanol–water partition coefficient (Wildman–Crippen LogP) is 13.3. The molecule has 0 amide bonds. The lowest BCUT2D eigenvalue weighted by molar-refractivity contribution is 0.0511. The molecule has 19 nitrogen and oxygen atoms in total. The van der Waals surface area contributed by atoms with Gasteiger partial charge in [-0.3, -0.25) is 0 Å². The summed E-state index contributed by atoms with van der Waals surface area (Å²) < 4.78 is 239. The number of ether oxygens (including phenoxy) is 3. The van der Waals surface area contributed by atoms with Crippen LogP contribution in [-0.4, -0.2) is 146 Å². The molecule has 0 aliphatic heterocycles. The van der Waals surface area contributed by atoms with E-state index >= 15 is 0 Å². The van der Waals surface area contributed by atoms with Gasteiger partial charge in [-0.15, -0.1) is 0 Å². The second kappa shape index (κ2) is 39.2. The Morgan fingerprint density at radius 2 is 0.500 bits per heavy atom. The van der Waals surface area contributed by atoms with Crippen LogP contribution in [0.2, 0.25) is 26.2 Å². The van der Waals surface area contributed by atoms with Gasteiger partial charge in [-0.1, -0.05) is 97.1 Å². The largest absolute Gasteiger partial charge is 0.497 e. The summed E-state index contributed by atoms with van der Waals surface area (Å²) >= 11 is 0. The Hall–Kier alpha value is -6.75. The van der Waals surface area contributed by atoms with Crippen molar-refractivity contribution in [3.63, 3.8) is 0 Å². The van der Waals surface area contributed by atoms with Gasteiger partial charge in [0.1, 0.15) is 22.2 Å². The Kier molecular flexibility index (Phi) is 33.1. The van der Waals surface area contributed by atoms with Crippen molar-refractivity contribution in [2.75, 3.05) is 77.9 Å².